The Balaban J connectivity index is 3.26. The largest absolute Gasteiger partial charge is 0.263 e. The monoisotopic (exact) mass is 187 g/mol. The molecule has 0 fully saturated rings. The van der Waals surface area contributed by atoms with E-state index in [-0.39, 0.29) is 16.3 Å². The van der Waals surface area contributed by atoms with Crippen LogP contribution in [-0.2, 0) is 5.41 Å². The second-order valence-electron chi connectivity index (χ2n) is 3.73. The molecule has 0 aliphatic heterocycles. The van der Waals surface area contributed by atoms with E-state index in [1.54, 1.807) is 0 Å². The van der Waals surface area contributed by atoms with Crippen molar-refractivity contribution in [3.05, 3.63) is 28.8 Å². The van der Waals surface area contributed by atoms with Crippen LogP contribution in [0.1, 0.15) is 26.3 Å². The van der Waals surface area contributed by atoms with Crippen molar-refractivity contribution in [2.24, 2.45) is 0 Å². The Kier molecular flexibility index (Phi) is 2.38. The Morgan fingerprint density at radius 3 is 2.33 bits per heavy atom. The molecule has 1 rings (SSSR count). The molecule has 0 saturated heterocycles. The van der Waals surface area contributed by atoms with Gasteiger partial charge >= 0.3 is 0 Å². The quantitative estimate of drug-likeness (QED) is 0.608. The molecule has 66 valence electrons. The molecule has 3 heteroatoms. The zero-order chi connectivity index (χ0) is 9.35. The first-order valence-corrected chi connectivity index (χ1v) is 4.10. The van der Waals surface area contributed by atoms with E-state index in [0.717, 1.165) is 0 Å². The van der Waals surface area contributed by atoms with Crippen LogP contribution in [-0.4, -0.2) is 4.98 Å². The molecule has 0 atom stereocenters. The average Bonchev–Trinajstić information content (AvgIpc) is 1.92. The summed E-state index contributed by atoms with van der Waals surface area (Å²) in [6, 6.07) is 0. The molecule has 0 N–H and O–H groups in total. The third kappa shape index (κ3) is 1.75. The first-order valence-electron chi connectivity index (χ1n) is 3.72. The van der Waals surface area contributed by atoms with Gasteiger partial charge in [-0.25, -0.2) is 4.39 Å². The summed E-state index contributed by atoms with van der Waals surface area (Å²) in [6.07, 6.45) is 2.83. The predicted octanol–water partition coefficient (Wildman–Crippen LogP) is 3.17. The summed E-state index contributed by atoms with van der Waals surface area (Å²) in [5, 5.41) is 0.0856. The molecule has 0 aromatic carbocycles. The summed E-state index contributed by atoms with van der Waals surface area (Å²) in [7, 11) is 0. The van der Waals surface area contributed by atoms with Gasteiger partial charge in [-0.15, -0.1) is 0 Å². The van der Waals surface area contributed by atoms with Gasteiger partial charge in [-0.2, -0.15) is 0 Å². The van der Waals surface area contributed by atoms with Crippen LogP contribution in [0.15, 0.2) is 12.4 Å². The minimum Gasteiger partial charge on any atom is -0.263 e. The molecule has 0 spiro atoms. The van der Waals surface area contributed by atoms with Crippen LogP contribution in [0.25, 0.3) is 0 Å². The summed E-state index contributed by atoms with van der Waals surface area (Å²) in [5.41, 5.74) is 0.303. The van der Waals surface area contributed by atoms with Gasteiger partial charge in [-0.3, -0.25) is 4.98 Å². The molecule has 0 aliphatic rings. The summed E-state index contributed by atoms with van der Waals surface area (Å²) in [5.74, 6) is -0.362. The summed E-state index contributed by atoms with van der Waals surface area (Å²) in [4.78, 5) is 3.84. The van der Waals surface area contributed by atoms with Crippen molar-refractivity contribution in [3.8, 4) is 0 Å². The lowest BCUT2D eigenvalue weighted by Gasteiger charge is -2.19. The zero-order valence-corrected chi connectivity index (χ0v) is 8.11. The molecular weight excluding hydrogens is 177 g/mol. The van der Waals surface area contributed by atoms with Gasteiger partial charge in [0.05, 0.1) is 5.02 Å². The van der Waals surface area contributed by atoms with Crippen LogP contribution in [0.5, 0.6) is 0 Å². The second-order valence-corrected chi connectivity index (χ2v) is 4.14. The van der Waals surface area contributed by atoms with Gasteiger partial charge < -0.3 is 0 Å². The molecule has 1 heterocycles. The zero-order valence-electron chi connectivity index (χ0n) is 7.36. The minimum absolute atomic E-state index is 0.0856. The van der Waals surface area contributed by atoms with Gasteiger partial charge in [-0.05, 0) is 5.41 Å². The van der Waals surface area contributed by atoms with Crippen molar-refractivity contribution in [2.45, 2.75) is 26.2 Å². The Bertz CT molecular complexity index is 291. The topological polar surface area (TPSA) is 12.9 Å². The van der Waals surface area contributed by atoms with Crippen LogP contribution in [0.3, 0.4) is 0 Å². The van der Waals surface area contributed by atoms with Crippen molar-refractivity contribution >= 4 is 11.6 Å². The highest BCUT2D eigenvalue weighted by Crippen LogP contribution is 2.27. The Morgan fingerprint density at radius 2 is 1.92 bits per heavy atom. The second kappa shape index (κ2) is 3.02. The molecule has 1 aromatic rings. The van der Waals surface area contributed by atoms with Gasteiger partial charge in [0, 0.05) is 18.0 Å². The van der Waals surface area contributed by atoms with Crippen molar-refractivity contribution in [3.63, 3.8) is 0 Å². The highest BCUT2D eigenvalue weighted by molar-refractivity contribution is 6.30. The SMILES string of the molecule is CC(C)(C)c1cncc(Cl)c1F. The molecule has 0 saturated carbocycles. The van der Waals surface area contributed by atoms with Crippen LogP contribution < -0.4 is 0 Å². The molecule has 0 aliphatic carbocycles. The van der Waals surface area contributed by atoms with E-state index < -0.39 is 0 Å². The van der Waals surface area contributed by atoms with E-state index in [2.05, 4.69) is 4.98 Å². The van der Waals surface area contributed by atoms with Crippen molar-refractivity contribution in [1.82, 2.24) is 4.98 Å². The molecular formula is C9H11ClFN. The van der Waals surface area contributed by atoms with E-state index in [9.17, 15) is 4.39 Å². The molecule has 0 bridgehead atoms. The molecule has 0 unspecified atom stereocenters. The molecule has 0 amide bonds. The minimum atomic E-state index is -0.362. The third-order valence-electron chi connectivity index (χ3n) is 1.65. The lowest BCUT2D eigenvalue weighted by molar-refractivity contribution is 0.520. The number of aromatic nitrogens is 1. The number of rotatable bonds is 0. The Hall–Kier alpha value is -0.630. The number of pyridine rings is 1. The molecule has 12 heavy (non-hydrogen) atoms. The highest BCUT2D eigenvalue weighted by atomic mass is 35.5. The normalized spacial score (nSPS) is 11.8. The van der Waals surface area contributed by atoms with Crippen LogP contribution in [0.4, 0.5) is 4.39 Å². The predicted molar refractivity (Wildman–Crippen MR) is 47.9 cm³/mol. The summed E-state index contributed by atoms with van der Waals surface area (Å²) >= 11 is 5.58. The number of nitrogens with zero attached hydrogens (tertiary/aromatic N) is 1. The van der Waals surface area contributed by atoms with Crippen molar-refractivity contribution < 1.29 is 4.39 Å². The smallest absolute Gasteiger partial charge is 0.148 e. The van der Waals surface area contributed by atoms with E-state index in [0.29, 0.717) is 5.56 Å². The van der Waals surface area contributed by atoms with Gasteiger partial charge in [0.1, 0.15) is 5.82 Å². The Labute approximate surface area is 76.6 Å². The van der Waals surface area contributed by atoms with E-state index in [1.165, 1.54) is 12.4 Å². The third-order valence-corrected chi connectivity index (χ3v) is 1.91. The van der Waals surface area contributed by atoms with Crippen LogP contribution in [0.2, 0.25) is 5.02 Å². The number of hydrogen-bond acceptors (Lipinski definition) is 1. The fourth-order valence-corrected chi connectivity index (χ4v) is 1.10. The molecule has 1 nitrogen and oxygen atoms in total. The fraction of sp³-hybridized carbons (Fsp3) is 0.444. The average molecular weight is 188 g/mol. The maximum Gasteiger partial charge on any atom is 0.148 e. The lowest BCUT2D eigenvalue weighted by Crippen LogP contribution is -2.14. The summed E-state index contributed by atoms with van der Waals surface area (Å²) < 4.78 is 13.3. The van der Waals surface area contributed by atoms with Gasteiger partial charge in [0.2, 0.25) is 0 Å². The molecule has 0 radical (unpaired) electrons. The maximum absolute atomic E-state index is 13.3. The Morgan fingerprint density at radius 1 is 1.33 bits per heavy atom. The highest BCUT2D eigenvalue weighted by Gasteiger charge is 2.20. The fourth-order valence-electron chi connectivity index (χ4n) is 0.942. The van der Waals surface area contributed by atoms with E-state index in [4.69, 9.17) is 11.6 Å². The van der Waals surface area contributed by atoms with E-state index in [1.807, 2.05) is 20.8 Å². The van der Waals surface area contributed by atoms with Crippen LogP contribution >= 0.6 is 11.6 Å². The standard InChI is InChI=1S/C9H11ClFN/c1-9(2,3)6-4-12-5-7(10)8(6)11/h4-5H,1-3H3. The van der Waals surface area contributed by atoms with Gasteiger partial charge in [0.25, 0.3) is 0 Å². The molecule has 1 aromatic heterocycles. The van der Waals surface area contributed by atoms with Crippen molar-refractivity contribution in [2.75, 3.05) is 0 Å². The number of halogens is 2. The van der Waals surface area contributed by atoms with E-state index >= 15 is 0 Å². The number of hydrogen-bond donors (Lipinski definition) is 0. The lowest BCUT2D eigenvalue weighted by atomic mass is 9.88. The first kappa shape index (κ1) is 9.46. The van der Waals surface area contributed by atoms with Gasteiger partial charge in [-0.1, -0.05) is 32.4 Å². The van der Waals surface area contributed by atoms with Crippen LogP contribution in [0, 0.1) is 5.82 Å². The maximum atomic E-state index is 13.3. The summed E-state index contributed by atoms with van der Waals surface area (Å²) in [6.45, 7) is 5.76. The first-order chi connectivity index (χ1) is 5.43. The van der Waals surface area contributed by atoms with Crippen molar-refractivity contribution in [1.29, 1.82) is 0 Å². The van der Waals surface area contributed by atoms with Gasteiger partial charge in [0.15, 0.2) is 0 Å².